The highest BCUT2D eigenvalue weighted by Gasteiger charge is 2.13. The van der Waals surface area contributed by atoms with Crippen LogP contribution in [-0.2, 0) is 4.74 Å². The second-order valence-corrected chi connectivity index (χ2v) is 2.88. The Morgan fingerprint density at radius 2 is 2.29 bits per heavy atom. The average molecular weight is 212 g/mol. The molecule has 72 valence electrons. The molecule has 2 rings (SSSR count). The van der Waals surface area contributed by atoms with Crippen LogP contribution in [-0.4, -0.2) is 27.4 Å². The maximum absolute atomic E-state index is 11.3. The molecule has 0 saturated carbocycles. The second-order valence-electron chi connectivity index (χ2n) is 2.55. The Balaban J connectivity index is 2.73. The van der Waals surface area contributed by atoms with Crippen molar-refractivity contribution in [3.8, 4) is 0 Å². The molecule has 2 aromatic rings. The van der Waals surface area contributed by atoms with E-state index < -0.39 is 5.97 Å². The van der Waals surface area contributed by atoms with Crippen LogP contribution >= 0.6 is 11.6 Å². The Labute approximate surface area is 84.3 Å². The predicted molar refractivity (Wildman–Crippen MR) is 49.3 cm³/mol. The molecule has 0 aliphatic carbocycles. The molecular weight excluding hydrogens is 206 g/mol. The molecule has 0 aliphatic heterocycles. The average Bonchev–Trinajstić information content (AvgIpc) is 2.62. The molecule has 2 aromatic heterocycles. The zero-order valence-electron chi connectivity index (χ0n) is 7.27. The molecule has 0 fully saturated rings. The van der Waals surface area contributed by atoms with Crippen molar-refractivity contribution in [2.75, 3.05) is 7.11 Å². The number of hydrogen-bond acceptors (Lipinski definition) is 4. The van der Waals surface area contributed by atoms with Crippen LogP contribution in [0.25, 0.3) is 5.65 Å². The number of hydrogen-bond donors (Lipinski definition) is 0. The first-order valence-corrected chi connectivity index (χ1v) is 4.18. The summed E-state index contributed by atoms with van der Waals surface area (Å²) in [6.07, 6.45) is 1.33. The highest BCUT2D eigenvalue weighted by molar-refractivity contribution is 6.28. The summed E-state index contributed by atoms with van der Waals surface area (Å²) >= 11 is 5.81. The fourth-order valence-corrected chi connectivity index (χ4v) is 1.40. The third-order valence-corrected chi connectivity index (χ3v) is 2.06. The van der Waals surface area contributed by atoms with E-state index in [9.17, 15) is 4.79 Å². The van der Waals surface area contributed by atoms with Crippen molar-refractivity contribution in [3.05, 3.63) is 29.4 Å². The van der Waals surface area contributed by atoms with E-state index in [1.165, 1.54) is 17.8 Å². The quantitative estimate of drug-likeness (QED) is 0.665. The minimum absolute atomic E-state index is 0.181. The first-order chi connectivity index (χ1) is 6.74. The van der Waals surface area contributed by atoms with Crippen LogP contribution in [0.3, 0.4) is 0 Å². The lowest BCUT2D eigenvalue weighted by atomic mass is 10.4. The number of ether oxygens (including phenoxy) is 1. The molecule has 0 aromatic carbocycles. The molecule has 0 atom stereocenters. The summed E-state index contributed by atoms with van der Waals surface area (Å²) in [5, 5.41) is 0.181. The molecule has 0 aliphatic rings. The van der Waals surface area contributed by atoms with Gasteiger partial charge in [0.15, 0.2) is 0 Å². The van der Waals surface area contributed by atoms with Gasteiger partial charge in [-0.15, -0.1) is 0 Å². The van der Waals surface area contributed by atoms with Gasteiger partial charge in [-0.3, -0.25) is 4.40 Å². The first kappa shape index (κ1) is 8.96. The smallest absolute Gasteiger partial charge is 0.355 e. The second kappa shape index (κ2) is 3.26. The van der Waals surface area contributed by atoms with Gasteiger partial charge in [0.05, 0.1) is 7.11 Å². The SMILES string of the molecule is COC(=O)c1ccc2ncnc(Cl)n12. The molecule has 0 amide bonds. The summed E-state index contributed by atoms with van der Waals surface area (Å²) in [4.78, 5) is 19.0. The third kappa shape index (κ3) is 1.22. The van der Waals surface area contributed by atoms with E-state index in [4.69, 9.17) is 11.6 Å². The molecule has 0 spiro atoms. The van der Waals surface area contributed by atoms with Crippen molar-refractivity contribution in [2.24, 2.45) is 0 Å². The lowest BCUT2D eigenvalue weighted by Crippen LogP contribution is -2.07. The molecule has 0 radical (unpaired) electrons. The normalized spacial score (nSPS) is 10.4. The molecule has 14 heavy (non-hydrogen) atoms. The highest BCUT2D eigenvalue weighted by atomic mass is 35.5. The molecule has 0 saturated heterocycles. The van der Waals surface area contributed by atoms with E-state index in [-0.39, 0.29) is 5.28 Å². The van der Waals surface area contributed by atoms with Gasteiger partial charge in [0.1, 0.15) is 17.7 Å². The summed E-state index contributed by atoms with van der Waals surface area (Å²) in [5.74, 6) is -0.471. The fourth-order valence-electron chi connectivity index (χ4n) is 1.18. The Morgan fingerprint density at radius 1 is 1.50 bits per heavy atom. The summed E-state index contributed by atoms with van der Waals surface area (Å²) in [6, 6.07) is 3.25. The van der Waals surface area contributed by atoms with Gasteiger partial charge in [-0.25, -0.2) is 14.8 Å². The first-order valence-electron chi connectivity index (χ1n) is 3.80. The summed E-state index contributed by atoms with van der Waals surface area (Å²) in [5.41, 5.74) is 0.874. The molecule has 2 heterocycles. The number of carbonyl (C=O) groups excluding carboxylic acids is 1. The van der Waals surface area contributed by atoms with Crippen LogP contribution in [0.2, 0.25) is 5.28 Å². The zero-order chi connectivity index (χ0) is 10.1. The molecule has 0 bridgehead atoms. The van der Waals surface area contributed by atoms with Gasteiger partial charge in [0.2, 0.25) is 5.28 Å². The molecule has 6 heteroatoms. The molecular formula is C8H6ClN3O2. The monoisotopic (exact) mass is 211 g/mol. The number of fused-ring (bicyclic) bond motifs is 1. The van der Waals surface area contributed by atoms with E-state index in [1.807, 2.05) is 0 Å². The Hall–Kier alpha value is -1.62. The minimum Gasteiger partial charge on any atom is -0.464 e. The largest absolute Gasteiger partial charge is 0.464 e. The van der Waals surface area contributed by atoms with Crippen molar-refractivity contribution in [1.29, 1.82) is 0 Å². The van der Waals surface area contributed by atoms with Crippen LogP contribution in [0.15, 0.2) is 18.5 Å². The number of methoxy groups -OCH3 is 1. The van der Waals surface area contributed by atoms with Gasteiger partial charge in [-0.1, -0.05) is 0 Å². The van der Waals surface area contributed by atoms with Crippen molar-refractivity contribution >= 4 is 23.2 Å². The summed E-state index contributed by atoms with van der Waals surface area (Å²) in [7, 11) is 1.30. The lowest BCUT2D eigenvalue weighted by molar-refractivity contribution is 0.0593. The van der Waals surface area contributed by atoms with E-state index in [0.717, 1.165) is 0 Å². The summed E-state index contributed by atoms with van der Waals surface area (Å²) < 4.78 is 6.01. The van der Waals surface area contributed by atoms with Crippen LogP contribution in [0.5, 0.6) is 0 Å². The maximum Gasteiger partial charge on any atom is 0.355 e. The van der Waals surface area contributed by atoms with Gasteiger partial charge < -0.3 is 4.74 Å². The Bertz CT molecular complexity index is 494. The predicted octanol–water partition coefficient (Wildman–Crippen LogP) is 1.17. The van der Waals surface area contributed by atoms with E-state index >= 15 is 0 Å². The number of esters is 1. The standard InChI is InChI=1S/C8H6ClN3O2/c1-14-7(13)5-2-3-6-10-4-11-8(9)12(5)6/h2-4H,1H3. The summed E-state index contributed by atoms with van der Waals surface area (Å²) in [6.45, 7) is 0. The Morgan fingerprint density at radius 3 is 3.00 bits per heavy atom. The number of nitrogens with zero attached hydrogens (tertiary/aromatic N) is 3. The van der Waals surface area contributed by atoms with Gasteiger partial charge >= 0.3 is 5.97 Å². The van der Waals surface area contributed by atoms with Crippen molar-refractivity contribution in [2.45, 2.75) is 0 Å². The van der Waals surface area contributed by atoms with E-state index in [2.05, 4.69) is 14.7 Å². The van der Waals surface area contributed by atoms with Crippen molar-refractivity contribution in [1.82, 2.24) is 14.4 Å². The number of carbonyl (C=O) groups is 1. The number of rotatable bonds is 1. The van der Waals surface area contributed by atoms with Crippen LogP contribution < -0.4 is 0 Å². The topological polar surface area (TPSA) is 56.5 Å². The van der Waals surface area contributed by atoms with E-state index in [0.29, 0.717) is 11.3 Å². The number of aromatic nitrogens is 3. The number of halogens is 1. The van der Waals surface area contributed by atoms with Crippen LogP contribution in [0.1, 0.15) is 10.5 Å². The van der Waals surface area contributed by atoms with Gasteiger partial charge in [-0.05, 0) is 23.7 Å². The maximum atomic E-state index is 11.3. The lowest BCUT2D eigenvalue weighted by Gasteiger charge is -2.00. The van der Waals surface area contributed by atoms with Crippen molar-refractivity contribution < 1.29 is 9.53 Å². The van der Waals surface area contributed by atoms with Crippen LogP contribution in [0, 0.1) is 0 Å². The zero-order valence-corrected chi connectivity index (χ0v) is 8.02. The molecule has 0 N–H and O–H groups in total. The molecule has 5 nitrogen and oxygen atoms in total. The van der Waals surface area contributed by atoms with Gasteiger partial charge in [0.25, 0.3) is 0 Å². The van der Waals surface area contributed by atoms with Gasteiger partial charge in [-0.2, -0.15) is 0 Å². The van der Waals surface area contributed by atoms with Crippen molar-refractivity contribution in [3.63, 3.8) is 0 Å². The highest BCUT2D eigenvalue weighted by Crippen LogP contribution is 2.13. The fraction of sp³-hybridized carbons (Fsp3) is 0.125. The minimum atomic E-state index is -0.471. The van der Waals surface area contributed by atoms with Crippen LogP contribution in [0.4, 0.5) is 0 Å². The molecule has 0 unspecified atom stereocenters. The van der Waals surface area contributed by atoms with Gasteiger partial charge in [0, 0.05) is 0 Å². The Kier molecular flexibility index (Phi) is 2.09. The third-order valence-electron chi connectivity index (χ3n) is 1.79. The van der Waals surface area contributed by atoms with E-state index in [1.54, 1.807) is 12.1 Å².